The van der Waals surface area contributed by atoms with Crippen LogP contribution in [-0.4, -0.2) is 21.9 Å². The second kappa shape index (κ2) is 7.57. The predicted octanol–water partition coefficient (Wildman–Crippen LogP) is 4.08. The summed E-state index contributed by atoms with van der Waals surface area (Å²) in [6.45, 7) is 0. The van der Waals surface area contributed by atoms with E-state index in [0.717, 1.165) is 31.9 Å². The maximum absolute atomic E-state index is 13.7. The maximum Gasteiger partial charge on any atom is 0.251 e. The molecule has 24 heavy (non-hydrogen) atoms. The molecule has 2 aromatic rings. The van der Waals surface area contributed by atoms with Crippen LogP contribution in [0.1, 0.15) is 42.5 Å². The van der Waals surface area contributed by atoms with Crippen LogP contribution in [0.2, 0.25) is 5.28 Å². The van der Waals surface area contributed by atoms with Gasteiger partial charge in [-0.2, -0.15) is 4.98 Å². The van der Waals surface area contributed by atoms with Gasteiger partial charge in [-0.05, 0) is 42.6 Å². The predicted molar refractivity (Wildman–Crippen MR) is 91.1 cm³/mol. The van der Waals surface area contributed by atoms with E-state index in [2.05, 4.69) is 20.6 Å². The fourth-order valence-corrected chi connectivity index (χ4v) is 2.96. The fourth-order valence-electron chi connectivity index (χ4n) is 2.82. The second-order valence-corrected chi connectivity index (χ2v) is 6.19. The Labute approximate surface area is 144 Å². The third-order valence-corrected chi connectivity index (χ3v) is 4.22. The lowest BCUT2D eigenvalue weighted by molar-refractivity contribution is 0.0928. The van der Waals surface area contributed by atoms with Gasteiger partial charge in [0.25, 0.3) is 5.91 Å². The standard InChI is InChI=1S/C17H18ClFN4O/c18-17-20-10-14(19)15(23-17)21-13-8-4-5-11(9-13)16(24)22-12-6-2-1-3-7-12/h4-5,8-10,12H,1-3,6-7H2,(H,22,24)(H,20,21,23). The van der Waals surface area contributed by atoms with E-state index in [1.165, 1.54) is 6.42 Å². The molecule has 1 amide bonds. The first kappa shape index (κ1) is 16.6. The van der Waals surface area contributed by atoms with Crippen LogP contribution in [0.3, 0.4) is 0 Å². The smallest absolute Gasteiger partial charge is 0.251 e. The zero-order valence-corrected chi connectivity index (χ0v) is 13.8. The van der Waals surface area contributed by atoms with E-state index >= 15 is 0 Å². The molecule has 0 unspecified atom stereocenters. The van der Waals surface area contributed by atoms with Gasteiger partial charge in [-0.1, -0.05) is 25.3 Å². The molecule has 1 aromatic heterocycles. The fraction of sp³-hybridized carbons (Fsp3) is 0.353. The van der Waals surface area contributed by atoms with Gasteiger partial charge in [0.05, 0.1) is 6.20 Å². The van der Waals surface area contributed by atoms with Gasteiger partial charge >= 0.3 is 0 Å². The molecule has 1 aliphatic rings. The number of nitrogens with one attached hydrogen (secondary N) is 2. The van der Waals surface area contributed by atoms with E-state index in [1.807, 2.05) is 0 Å². The number of rotatable bonds is 4. The van der Waals surface area contributed by atoms with Gasteiger partial charge in [0.15, 0.2) is 11.6 Å². The third kappa shape index (κ3) is 4.20. The maximum atomic E-state index is 13.7. The van der Waals surface area contributed by atoms with Crippen LogP contribution in [-0.2, 0) is 0 Å². The Morgan fingerprint density at radius 3 is 2.83 bits per heavy atom. The number of anilines is 2. The molecule has 1 heterocycles. The molecule has 0 aliphatic heterocycles. The first-order valence-corrected chi connectivity index (χ1v) is 8.35. The molecule has 0 radical (unpaired) electrons. The van der Waals surface area contributed by atoms with Crippen molar-refractivity contribution in [3.8, 4) is 0 Å². The minimum absolute atomic E-state index is 0.0279. The Hall–Kier alpha value is -2.21. The van der Waals surface area contributed by atoms with E-state index in [-0.39, 0.29) is 23.1 Å². The number of hydrogen-bond donors (Lipinski definition) is 2. The highest BCUT2D eigenvalue weighted by Crippen LogP contribution is 2.21. The van der Waals surface area contributed by atoms with E-state index in [4.69, 9.17) is 11.6 Å². The number of amides is 1. The van der Waals surface area contributed by atoms with Gasteiger partial charge in [-0.25, -0.2) is 9.37 Å². The van der Waals surface area contributed by atoms with E-state index in [0.29, 0.717) is 11.3 Å². The van der Waals surface area contributed by atoms with Gasteiger partial charge in [-0.3, -0.25) is 4.79 Å². The summed E-state index contributed by atoms with van der Waals surface area (Å²) in [5.74, 6) is -0.761. The number of hydrogen-bond acceptors (Lipinski definition) is 4. The summed E-state index contributed by atoms with van der Waals surface area (Å²) >= 11 is 5.68. The highest BCUT2D eigenvalue weighted by atomic mass is 35.5. The second-order valence-electron chi connectivity index (χ2n) is 5.85. The Bertz CT molecular complexity index is 734. The Kier molecular flexibility index (Phi) is 5.25. The van der Waals surface area contributed by atoms with Crippen molar-refractivity contribution in [2.75, 3.05) is 5.32 Å². The van der Waals surface area contributed by atoms with Crippen molar-refractivity contribution < 1.29 is 9.18 Å². The zero-order chi connectivity index (χ0) is 16.9. The summed E-state index contributed by atoms with van der Waals surface area (Å²) < 4.78 is 13.7. The number of carbonyl (C=O) groups is 1. The Morgan fingerprint density at radius 2 is 2.04 bits per heavy atom. The van der Waals surface area contributed by atoms with E-state index in [9.17, 15) is 9.18 Å². The number of nitrogens with zero attached hydrogens (tertiary/aromatic N) is 2. The van der Waals surface area contributed by atoms with Gasteiger partial charge in [0.2, 0.25) is 5.28 Å². The van der Waals surface area contributed by atoms with Gasteiger partial charge in [0.1, 0.15) is 0 Å². The van der Waals surface area contributed by atoms with Crippen LogP contribution in [0.5, 0.6) is 0 Å². The Morgan fingerprint density at radius 1 is 1.25 bits per heavy atom. The van der Waals surface area contributed by atoms with Crippen LogP contribution in [0, 0.1) is 5.82 Å². The largest absolute Gasteiger partial charge is 0.349 e. The van der Waals surface area contributed by atoms with Crippen molar-refractivity contribution in [3.05, 3.63) is 47.1 Å². The topological polar surface area (TPSA) is 66.9 Å². The molecular weight excluding hydrogens is 331 g/mol. The van der Waals surface area contributed by atoms with Gasteiger partial charge in [-0.15, -0.1) is 0 Å². The van der Waals surface area contributed by atoms with Gasteiger partial charge < -0.3 is 10.6 Å². The number of benzene rings is 1. The van der Waals surface area contributed by atoms with Crippen LogP contribution < -0.4 is 10.6 Å². The molecule has 1 fully saturated rings. The zero-order valence-electron chi connectivity index (χ0n) is 13.1. The van der Waals surface area contributed by atoms with Crippen LogP contribution >= 0.6 is 11.6 Å². The molecule has 0 bridgehead atoms. The first-order chi connectivity index (χ1) is 11.6. The number of halogens is 2. The van der Waals surface area contributed by atoms with Crippen LogP contribution in [0.4, 0.5) is 15.9 Å². The summed E-state index contributed by atoms with van der Waals surface area (Å²) in [6, 6.07) is 7.09. The number of aromatic nitrogens is 2. The molecule has 0 saturated heterocycles. The Balaban J connectivity index is 1.71. The molecule has 0 spiro atoms. The molecule has 5 nitrogen and oxygen atoms in total. The minimum Gasteiger partial charge on any atom is -0.349 e. The lowest BCUT2D eigenvalue weighted by Crippen LogP contribution is -2.36. The molecule has 1 aromatic carbocycles. The minimum atomic E-state index is -0.614. The molecule has 1 aliphatic carbocycles. The van der Waals surface area contributed by atoms with Crippen molar-refractivity contribution in [1.29, 1.82) is 0 Å². The van der Waals surface area contributed by atoms with Crippen LogP contribution in [0.25, 0.3) is 0 Å². The molecule has 2 N–H and O–H groups in total. The monoisotopic (exact) mass is 348 g/mol. The average Bonchev–Trinajstić information content (AvgIpc) is 2.59. The lowest BCUT2D eigenvalue weighted by atomic mass is 9.95. The van der Waals surface area contributed by atoms with E-state index < -0.39 is 5.82 Å². The highest BCUT2D eigenvalue weighted by molar-refractivity contribution is 6.28. The average molecular weight is 349 g/mol. The van der Waals surface area contributed by atoms with Crippen molar-refractivity contribution in [2.24, 2.45) is 0 Å². The normalized spacial score (nSPS) is 15.1. The van der Waals surface area contributed by atoms with Crippen molar-refractivity contribution >= 4 is 29.0 Å². The summed E-state index contributed by atoms with van der Waals surface area (Å²) in [5, 5.41) is 5.83. The van der Waals surface area contributed by atoms with Crippen molar-refractivity contribution in [2.45, 2.75) is 38.1 Å². The molecule has 3 rings (SSSR count). The van der Waals surface area contributed by atoms with Crippen LogP contribution in [0.15, 0.2) is 30.5 Å². The SMILES string of the molecule is O=C(NC1CCCCC1)c1cccc(Nc2nc(Cl)ncc2F)c1. The quantitative estimate of drug-likeness (QED) is 0.817. The summed E-state index contributed by atoms with van der Waals surface area (Å²) in [7, 11) is 0. The van der Waals surface area contributed by atoms with E-state index in [1.54, 1.807) is 24.3 Å². The molecule has 126 valence electrons. The summed E-state index contributed by atoms with van der Waals surface area (Å²) in [5.41, 5.74) is 1.08. The third-order valence-electron chi connectivity index (χ3n) is 4.04. The molecule has 7 heteroatoms. The lowest BCUT2D eigenvalue weighted by Gasteiger charge is -2.22. The molecule has 1 saturated carbocycles. The molecule has 0 atom stereocenters. The van der Waals surface area contributed by atoms with Gasteiger partial charge in [0, 0.05) is 17.3 Å². The van der Waals surface area contributed by atoms with Crippen molar-refractivity contribution in [1.82, 2.24) is 15.3 Å². The summed E-state index contributed by atoms with van der Waals surface area (Å²) in [4.78, 5) is 19.7. The first-order valence-electron chi connectivity index (χ1n) is 7.98. The summed E-state index contributed by atoms with van der Waals surface area (Å²) in [6.07, 6.45) is 6.58. The molecular formula is C17H18ClFN4O. The number of carbonyl (C=O) groups excluding carboxylic acids is 1. The van der Waals surface area contributed by atoms with Crippen molar-refractivity contribution in [3.63, 3.8) is 0 Å². The highest BCUT2D eigenvalue weighted by Gasteiger charge is 2.17.